The molecule has 0 unspecified atom stereocenters. The maximum Gasteiger partial charge on any atom is 0.109 e. The van der Waals surface area contributed by atoms with Crippen LogP contribution < -0.4 is 5.73 Å². The first-order valence-corrected chi connectivity index (χ1v) is 5.50. The SMILES string of the molecule is Cc1ccc(/N=N/c2ccc(C)cc2N)cc1. The monoisotopic (exact) mass is 225 g/mol. The number of nitrogens with zero attached hydrogens (tertiary/aromatic N) is 2. The Bertz CT molecular complexity index is 542. The molecule has 0 bridgehead atoms. The summed E-state index contributed by atoms with van der Waals surface area (Å²) in [5, 5.41) is 8.30. The van der Waals surface area contributed by atoms with Gasteiger partial charge in [-0.05, 0) is 43.7 Å². The first-order valence-electron chi connectivity index (χ1n) is 5.50. The molecule has 0 heterocycles. The van der Waals surface area contributed by atoms with E-state index in [1.807, 2.05) is 56.3 Å². The Morgan fingerprint density at radius 2 is 1.47 bits per heavy atom. The number of azo groups is 1. The molecule has 0 amide bonds. The van der Waals surface area contributed by atoms with Crippen molar-refractivity contribution >= 4 is 17.1 Å². The van der Waals surface area contributed by atoms with Gasteiger partial charge in [0, 0.05) is 0 Å². The zero-order valence-corrected chi connectivity index (χ0v) is 10.0. The molecule has 2 N–H and O–H groups in total. The van der Waals surface area contributed by atoms with Gasteiger partial charge in [0.2, 0.25) is 0 Å². The average molecular weight is 225 g/mol. The molecule has 2 aromatic rings. The Hall–Kier alpha value is -2.16. The van der Waals surface area contributed by atoms with E-state index in [1.54, 1.807) is 0 Å². The summed E-state index contributed by atoms with van der Waals surface area (Å²) < 4.78 is 0. The van der Waals surface area contributed by atoms with Crippen LogP contribution in [-0.4, -0.2) is 0 Å². The van der Waals surface area contributed by atoms with Gasteiger partial charge in [-0.1, -0.05) is 23.8 Å². The van der Waals surface area contributed by atoms with Gasteiger partial charge in [0.1, 0.15) is 5.69 Å². The second kappa shape index (κ2) is 4.78. The minimum Gasteiger partial charge on any atom is -0.397 e. The van der Waals surface area contributed by atoms with Gasteiger partial charge in [-0.15, -0.1) is 5.11 Å². The summed E-state index contributed by atoms with van der Waals surface area (Å²) in [6.07, 6.45) is 0. The van der Waals surface area contributed by atoms with E-state index >= 15 is 0 Å². The van der Waals surface area contributed by atoms with Crippen molar-refractivity contribution < 1.29 is 0 Å². The van der Waals surface area contributed by atoms with Crippen LogP contribution in [0.25, 0.3) is 0 Å². The molecular weight excluding hydrogens is 210 g/mol. The number of nitrogens with two attached hydrogens (primary N) is 1. The van der Waals surface area contributed by atoms with Crippen LogP contribution in [0.15, 0.2) is 52.7 Å². The summed E-state index contributed by atoms with van der Waals surface area (Å²) in [4.78, 5) is 0. The lowest BCUT2D eigenvalue weighted by Crippen LogP contribution is -1.85. The molecule has 2 rings (SSSR count). The smallest absolute Gasteiger partial charge is 0.109 e. The number of rotatable bonds is 2. The highest BCUT2D eigenvalue weighted by Gasteiger charge is 1.97. The number of nitrogen functional groups attached to an aromatic ring is 1. The van der Waals surface area contributed by atoms with Crippen molar-refractivity contribution in [1.82, 2.24) is 0 Å². The summed E-state index contributed by atoms with van der Waals surface area (Å²) in [7, 11) is 0. The van der Waals surface area contributed by atoms with Crippen molar-refractivity contribution in [3.05, 3.63) is 53.6 Å². The van der Waals surface area contributed by atoms with Gasteiger partial charge >= 0.3 is 0 Å². The van der Waals surface area contributed by atoms with Crippen LogP contribution in [0.3, 0.4) is 0 Å². The van der Waals surface area contributed by atoms with Gasteiger partial charge in [0.05, 0.1) is 11.4 Å². The Kier molecular flexibility index (Phi) is 3.19. The molecule has 0 aromatic heterocycles. The van der Waals surface area contributed by atoms with Gasteiger partial charge in [0.15, 0.2) is 0 Å². The zero-order chi connectivity index (χ0) is 12.3. The lowest BCUT2D eigenvalue weighted by atomic mass is 10.2. The number of anilines is 1. The van der Waals surface area contributed by atoms with E-state index in [4.69, 9.17) is 5.73 Å². The zero-order valence-electron chi connectivity index (χ0n) is 10.0. The van der Waals surface area contributed by atoms with Crippen LogP contribution in [0.5, 0.6) is 0 Å². The van der Waals surface area contributed by atoms with Gasteiger partial charge in [0.25, 0.3) is 0 Å². The third-order valence-corrected chi connectivity index (χ3v) is 2.49. The molecular formula is C14H15N3. The Morgan fingerprint density at radius 3 is 2.12 bits per heavy atom. The van der Waals surface area contributed by atoms with E-state index < -0.39 is 0 Å². The fraction of sp³-hybridized carbons (Fsp3) is 0.143. The molecule has 0 spiro atoms. The van der Waals surface area contributed by atoms with E-state index in [2.05, 4.69) is 10.2 Å². The van der Waals surface area contributed by atoms with E-state index in [-0.39, 0.29) is 0 Å². The summed E-state index contributed by atoms with van der Waals surface area (Å²) in [5.41, 5.74) is 10.4. The predicted molar refractivity (Wildman–Crippen MR) is 70.9 cm³/mol. The van der Waals surface area contributed by atoms with Gasteiger partial charge < -0.3 is 5.73 Å². The largest absolute Gasteiger partial charge is 0.397 e. The molecule has 0 aliphatic carbocycles. The molecule has 0 fully saturated rings. The number of hydrogen-bond donors (Lipinski definition) is 1. The molecule has 86 valence electrons. The second-order valence-electron chi connectivity index (χ2n) is 4.10. The minimum atomic E-state index is 0.654. The first kappa shape index (κ1) is 11.3. The lowest BCUT2D eigenvalue weighted by molar-refractivity contribution is 1.22. The third kappa shape index (κ3) is 2.91. The molecule has 0 atom stereocenters. The van der Waals surface area contributed by atoms with Gasteiger partial charge in [-0.2, -0.15) is 5.11 Å². The van der Waals surface area contributed by atoms with Crippen molar-refractivity contribution in [2.75, 3.05) is 5.73 Å². The molecule has 0 saturated carbocycles. The van der Waals surface area contributed by atoms with Crippen LogP contribution >= 0.6 is 0 Å². The Morgan fingerprint density at radius 1 is 0.824 bits per heavy atom. The van der Waals surface area contributed by atoms with Crippen molar-refractivity contribution in [2.45, 2.75) is 13.8 Å². The highest BCUT2D eigenvalue weighted by molar-refractivity contribution is 5.63. The quantitative estimate of drug-likeness (QED) is 0.601. The van der Waals surface area contributed by atoms with Gasteiger partial charge in [-0.3, -0.25) is 0 Å². The molecule has 17 heavy (non-hydrogen) atoms. The van der Waals surface area contributed by atoms with Gasteiger partial charge in [-0.25, -0.2) is 0 Å². The van der Waals surface area contributed by atoms with E-state index in [1.165, 1.54) is 5.56 Å². The summed E-state index contributed by atoms with van der Waals surface area (Å²) in [6, 6.07) is 13.6. The van der Waals surface area contributed by atoms with Crippen LogP contribution in [0, 0.1) is 13.8 Å². The summed E-state index contributed by atoms with van der Waals surface area (Å²) in [5.74, 6) is 0. The van der Waals surface area contributed by atoms with Crippen molar-refractivity contribution in [3.63, 3.8) is 0 Å². The maximum absolute atomic E-state index is 5.86. The van der Waals surface area contributed by atoms with Crippen LogP contribution in [-0.2, 0) is 0 Å². The van der Waals surface area contributed by atoms with Crippen LogP contribution in [0.2, 0.25) is 0 Å². The highest BCUT2D eigenvalue weighted by atomic mass is 15.1. The minimum absolute atomic E-state index is 0.654. The molecule has 0 aliphatic rings. The van der Waals surface area contributed by atoms with Crippen LogP contribution in [0.1, 0.15) is 11.1 Å². The molecule has 3 nitrogen and oxygen atoms in total. The predicted octanol–water partition coefficient (Wildman–Crippen LogP) is 4.30. The third-order valence-electron chi connectivity index (χ3n) is 2.49. The van der Waals surface area contributed by atoms with E-state index in [9.17, 15) is 0 Å². The number of benzene rings is 2. The Labute approximate surface area is 101 Å². The second-order valence-corrected chi connectivity index (χ2v) is 4.10. The average Bonchev–Trinajstić information content (AvgIpc) is 2.30. The van der Waals surface area contributed by atoms with Crippen molar-refractivity contribution in [3.8, 4) is 0 Å². The molecule has 0 radical (unpaired) electrons. The number of aryl methyl sites for hydroxylation is 2. The topological polar surface area (TPSA) is 50.7 Å². The van der Waals surface area contributed by atoms with Crippen molar-refractivity contribution in [2.24, 2.45) is 10.2 Å². The molecule has 3 heteroatoms. The van der Waals surface area contributed by atoms with E-state index in [0.717, 1.165) is 11.3 Å². The van der Waals surface area contributed by atoms with Crippen LogP contribution in [0.4, 0.5) is 17.1 Å². The molecule has 0 aliphatic heterocycles. The molecule has 2 aromatic carbocycles. The number of hydrogen-bond acceptors (Lipinski definition) is 3. The fourth-order valence-electron chi connectivity index (χ4n) is 1.49. The summed E-state index contributed by atoms with van der Waals surface area (Å²) >= 11 is 0. The fourth-order valence-corrected chi connectivity index (χ4v) is 1.49. The summed E-state index contributed by atoms with van der Waals surface area (Å²) in [6.45, 7) is 4.04. The standard InChI is InChI=1S/C14H15N3/c1-10-3-6-12(7-4-10)16-17-14-8-5-11(2)9-13(14)15/h3-9H,15H2,1-2H3/b17-16+. The Balaban J connectivity index is 2.23. The normalized spacial score (nSPS) is 10.9. The molecule has 0 saturated heterocycles. The van der Waals surface area contributed by atoms with Crippen molar-refractivity contribution in [1.29, 1.82) is 0 Å². The first-order chi connectivity index (χ1) is 8.15. The van der Waals surface area contributed by atoms with E-state index in [0.29, 0.717) is 11.4 Å². The highest BCUT2D eigenvalue weighted by Crippen LogP contribution is 2.25. The lowest BCUT2D eigenvalue weighted by Gasteiger charge is -2.00. The maximum atomic E-state index is 5.86.